The van der Waals surface area contributed by atoms with Crippen LogP contribution in [-0.4, -0.2) is 47.2 Å². The Hall–Kier alpha value is -2.94. The van der Waals surface area contributed by atoms with Crippen LogP contribution >= 0.6 is 0 Å². The third-order valence-electron chi connectivity index (χ3n) is 6.07. The number of rotatable bonds is 4. The summed E-state index contributed by atoms with van der Waals surface area (Å²) in [5.74, 6) is 0.261. The van der Waals surface area contributed by atoms with Gasteiger partial charge in [0.15, 0.2) is 0 Å². The van der Waals surface area contributed by atoms with Crippen LogP contribution in [0.2, 0.25) is 0 Å². The molecule has 1 atom stereocenters. The molecule has 0 amide bonds. The number of anilines is 1. The molecule has 1 aromatic heterocycles. The van der Waals surface area contributed by atoms with E-state index >= 15 is 0 Å². The SMILES string of the molecule is CC(C)C[C@H]1CN(c2nc3cc(F)ccc3c(=O)n2-c2ccc(C(F)(F)F)cc2)CCN1C. The molecule has 0 bridgehead atoms. The quantitative estimate of drug-likeness (QED) is 0.527. The Morgan fingerprint density at radius 2 is 1.79 bits per heavy atom. The van der Waals surface area contributed by atoms with Crippen molar-refractivity contribution in [1.82, 2.24) is 14.5 Å². The summed E-state index contributed by atoms with van der Waals surface area (Å²) in [6, 6.07) is 8.41. The monoisotopic (exact) mass is 462 g/mol. The highest BCUT2D eigenvalue weighted by Crippen LogP contribution is 2.30. The minimum atomic E-state index is -4.48. The van der Waals surface area contributed by atoms with Crippen molar-refractivity contribution in [2.45, 2.75) is 32.5 Å². The summed E-state index contributed by atoms with van der Waals surface area (Å²) in [7, 11) is 2.05. The largest absolute Gasteiger partial charge is 0.416 e. The number of hydrogen-bond acceptors (Lipinski definition) is 4. The maximum atomic E-state index is 13.9. The number of aromatic nitrogens is 2. The molecule has 3 aromatic rings. The highest BCUT2D eigenvalue weighted by Gasteiger charge is 2.31. The van der Waals surface area contributed by atoms with Gasteiger partial charge in [-0.15, -0.1) is 0 Å². The fourth-order valence-electron chi connectivity index (χ4n) is 4.32. The van der Waals surface area contributed by atoms with Crippen LogP contribution in [0.25, 0.3) is 16.6 Å². The Kier molecular flexibility index (Phi) is 6.18. The van der Waals surface area contributed by atoms with E-state index in [1.807, 2.05) is 4.90 Å². The second-order valence-electron chi connectivity index (χ2n) is 8.97. The lowest BCUT2D eigenvalue weighted by Crippen LogP contribution is -2.53. The molecule has 33 heavy (non-hydrogen) atoms. The Bertz CT molecular complexity index is 1200. The molecule has 1 saturated heterocycles. The minimum absolute atomic E-state index is 0.202. The Balaban J connectivity index is 1.86. The van der Waals surface area contributed by atoms with Gasteiger partial charge in [0.05, 0.1) is 22.2 Å². The number of halogens is 4. The van der Waals surface area contributed by atoms with Crippen molar-refractivity contribution in [3.05, 3.63) is 64.2 Å². The molecule has 4 rings (SSSR count). The van der Waals surface area contributed by atoms with Gasteiger partial charge in [-0.1, -0.05) is 13.8 Å². The van der Waals surface area contributed by atoms with Crippen LogP contribution in [-0.2, 0) is 6.18 Å². The highest BCUT2D eigenvalue weighted by molar-refractivity contribution is 5.79. The van der Waals surface area contributed by atoms with Gasteiger partial charge in [-0.2, -0.15) is 13.2 Å². The van der Waals surface area contributed by atoms with Gasteiger partial charge in [-0.05, 0) is 55.8 Å². The summed E-state index contributed by atoms with van der Waals surface area (Å²) >= 11 is 0. The van der Waals surface area contributed by atoms with Crippen LogP contribution in [0.3, 0.4) is 0 Å². The maximum absolute atomic E-state index is 13.9. The second-order valence-corrected chi connectivity index (χ2v) is 8.97. The zero-order chi connectivity index (χ0) is 23.9. The zero-order valence-electron chi connectivity index (χ0n) is 18.7. The van der Waals surface area contributed by atoms with Crippen molar-refractivity contribution in [3.8, 4) is 5.69 Å². The van der Waals surface area contributed by atoms with Crippen LogP contribution in [0.4, 0.5) is 23.5 Å². The highest BCUT2D eigenvalue weighted by atomic mass is 19.4. The average molecular weight is 462 g/mol. The molecule has 1 aliphatic rings. The van der Waals surface area contributed by atoms with Gasteiger partial charge in [0.2, 0.25) is 5.95 Å². The molecule has 0 radical (unpaired) electrons. The molecule has 0 N–H and O–H groups in total. The molecule has 5 nitrogen and oxygen atoms in total. The van der Waals surface area contributed by atoms with E-state index in [1.165, 1.54) is 34.9 Å². The van der Waals surface area contributed by atoms with Gasteiger partial charge in [-0.3, -0.25) is 9.69 Å². The Morgan fingerprint density at radius 3 is 2.42 bits per heavy atom. The smallest absolute Gasteiger partial charge is 0.339 e. The zero-order valence-corrected chi connectivity index (χ0v) is 18.7. The number of nitrogens with zero attached hydrogens (tertiary/aromatic N) is 4. The summed E-state index contributed by atoms with van der Waals surface area (Å²) in [5.41, 5.74) is -0.749. The van der Waals surface area contributed by atoms with E-state index in [9.17, 15) is 22.4 Å². The lowest BCUT2D eigenvalue weighted by molar-refractivity contribution is -0.137. The van der Waals surface area contributed by atoms with Crippen molar-refractivity contribution < 1.29 is 17.6 Å². The molecule has 1 aliphatic heterocycles. The number of likely N-dealkylation sites (N-methyl/N-ethyl adjacent to an activating group) is 1. The fourth-order valence-corrected chi connectivity index (χ4v) is 4.32. The third kappa shape index (κ3) is 4.73. The molecule has 0 unspecified atom stereocenters. The van der Waals surface area contributed by atoms with Gasteiger partial charge < -0.3 is 4.90 Å². The molecule has 0 saturated carbocycles. The Morgan fingerprint density at radius 1 is 1.09 bits per heavy atom. The number of piperazine rings is 1. The average Bonchev–Trinajstić information content (AvgIpc) is 2.74. The maximum Gasteiger partial charge on any atom is 0.416 e. The van der Waals surface area contributed by atoms with E-state index in [0.717, 1.165) is 25.1 Å². The van der Waals surface area contributed by atoms with Crippen LogP contribution < -0.4 is 10.5 Å². The molecule has 0 spiro atoms. The van der Waals surface area contributed by atoms with Gasteiger partial charge in [0.1, 0.15) is 5.82 Å². The van der Waals surface area contributed by atoms with Crippen molar-refractivity contribution in [2.75, 3.05) is 31.6 Å². The van der Waals surface area contributed by atoms with Crippen molar-refractivity contribution in [2.24, 2.45) is 5.92 Å². The molecule has 0 aliphatic carbocycles. The first-order valence-electron chi connectivity index (χ1n) is 10.9. The summed E-state index contributed by atoms with van der Waals surface area (Å²) in [6.45, 7) is 6.20. The number of benzene rings is 2. The first-order valence-corrected chi connectivity index (χ1v) is 10.9. The summed E-state index contributed by atoms with van der Waals surface area (Å²) in [4.78, 5) is 22.3. The minimum Gasteiger partial charge on any atom is -0.339 e. The first-order chi connectivity index (χ1) is 15.5. The van der Waals surface area contributed by atoms with Crippen LogP contribution in [0.1, 0.15) is 25.8 Å². The molecule has 176 valence electrons. The van der Waals surface area contributed by atoms with E-state index in [0.29, 0.717) is 25.0 Å². The normalized spacial score (nSPS) is 17.8. The lowest BCUT2D eigenvalue weighted by atomic mass is 10.0. The predicted octanol–water partition coefficient (Wildman–Crippen LogP) is 4.71. The molecule has 2 heterocycles. The van der Waals surface area contributed by atoms with Gasteiger partial charge in [-0.25, -0.2) is 13.9 Å². The van der Waals surface area contributed by atoms with E-state index in [1.54, 1.807) is 0 Å². The second kappa shape index (κ2) is 8.78. The van der Waals surface area contributed by atoms with E-state index in [2.05, 4.69) is 30.8 Å². The predicted molar refractivity (Wildman–Crippen MR) is 120 cm³/mol. The lowest BCUT2D eigenvalue weighted by Gasteiger charge is -2.41. The van der Waals surface area contributed by atoms with Gasteiger partial charge >= 0.3 is 6.18 Å². The molecule has 2 aromatic carbocycles. The van der Waals surface area contributed by atoms with E-state index in [-0.39, 0.29) is 22.6 Å². The topological polar surface area (TPSA) is 41.4 Å². The summed E-state index contributed by atoms with van der Waals surface area (Å²) in [6.07, 6.45) is -3.53. The van der Waals surface area contributed by atoms with Crippen LogP contribution in [0.5, 0.6) is 0 Å². The standard InChI is InChI=1S/C24H26F4N4O/c1-15(2)12-19-14-31(11-10-30(19)3)23-29-21-13-17(25)6-9-20(21)22(33)32(23)18-7-4-16(5-8-18)24(26,27)28/h4-9,13,15,19H,10-12,14H2,1-3H3/t19-/m0/s1. The molecular formula is C24H26F4N4O. The van der Waals surface area contributed by atoms with Crippen LogP contribution in [0.15, 0.2) is 47.3 Å². The van der Waals surface area contributed by atoms with Crippen molar-refractivity contribution in [1.29, 1.82) is 0 Å². The summed E-state index contributed by atoms with van der Waals surface area (Å²) in [5, 5.41) is 0.202. The van der Waals surface area contributed by atoms with Gasteiger partial charge in [0.25, 0.3) is 5.56 Å². The molecule has 9 heteroatoms. The molecule has 1 fully saturated rings. The van der Waals surface area contributed by atoms with Crippen molar-refractivity contribution in [3.63, 3.8) is 0 Å². The van der Waals surface area contributed by atoms with E-state index < -0.39 is 23.1 Å². The van der Waals surface area contributed by atoms with Crippen LogP contribution in [0, 0.1) is 11.7 Å². The number of alkyl halides is 3. The fraction of sp³-hybridized carbons (Fsp3) is 0.417. The third-order valence-corrected chi connectivity index (χ3v) is 6.07. The summed E-state index contributed by atoms with van der Waals surface area (Å²) < 4.78 is 54.5. The van der Waals surface area contributed by atoms with Crippen molar-refractivity contribution >= 4 is 16.9 Å². The van der Waals surface area contributed by atoms with Gasteiger partial charge in [0, 0.05) is 31.7 Å². The number of fused-ring (bicyclic) bond motifs is 1. The van der Waals surface area contributed by atoms with E-state index in [4.69, 9.17) is 0 Å². The molecular weight excluding hydrogens is 436 g/mol. The first kappa shape index (κ1) is 23.2. The number of hydrogen-bond donors (Lipinski definition) is 0. The Labute approximate surface area is 189 Å².